The molecule has 27 heavy (non-hydrogen) atoms. The van der Waals surface area contributed by atoms with Crippen LogP contribution >= 0.6 is 0 Å². The molecule has 1 aliphatic heterocycles. The second-order valence-electron chi connectivity index (χ2n) is 7.29. The Morgan fingerprint density at radius 2 is 1.85 bits per heavy atom. The van der Waals surface area contributed by atoms with E-state index in [1.165, 1.54) is 12.1 Å². The number of halogens is 3. The van der Waals surface area contributed by atoms with Crippen molar-refractivity contribution in [3.8, 4) is 5.75 Å². The summed E-state index contributed by atoms with van der Waals surface area (Å²) in [7, 11) is 1.59. The Hall–Kier alpha value is -2.50. The third kappa shape index (κ3) is 3.53. The number of methoxy groups -OCH3 is 1. The van der Waals surface area contributed by atoms with Crippen LogP contribution in [0.5, 0.6) is 5.75 Å². The predicted octanol–water partition coefficient (Wildman–Crippen LogP) is 4.30. The summed E-state index contributed by atoms with van der Waals surface area (Å²) in [6, 6.07) is 12.9. The van der Waals surface area contributed by atoms with Crippen LogP contribution in [0.4, 0.5) is 13.2 Å². The van der Waals surface area contributed by atoms with Crippen molar-refractivity contribution in [1.82, 2.24) is 4.90 Å². The quantitative estimate of drug-likeness (QED) is 0.780. The fourth-order valence-electron chi connectivity index (χ4n) is 4.07. The molecule has 2 aromatic carbocycles. The molecule has 142 valence electrons. The summed E-state index contributed by atoms with van der Waals surface area (Å²) < 4.78 is 44.2. The Morgan fingerprint density at radius 1 is 1.11 bits per heavy atom. The van der Waals surface area contributed by atoms with Crippen molar-refractivity contribution in [2.24, 2.45) is 11.8 Å². The largest absolute Gasteiger partial charge is 0.497 e. The number of piperidine rings is 1. The molecule has 2 aliphatic rings. The molecule has 2 fully saturated rings. The van der Waals surface area contributed by atoms with Crippen molar-refractivity contribution in [3.05, 3.63) is 65.2 Å². The second kappa shape index (κ2) is 6.59. The van der Waals surface area contributed by atoms with Gasteiger partial charge in [0.1, 0.15) is 5.75 Å². The van der Waals surface area contributed by atoms with E-state index in [1.54, 1.807) is 13.2 Å². The molecule has 1 saturated heterocycles. The van der Waals surface area contributed by atoms with Gasteiger partial charge in [-0.25, -0.2) is 0 Å². The molecule has 2 aromatic rings. The van der Waals surface area contributed by atoms with Crippen molar-refractivity contribution < 1.29 is 22.7 Å². The summed E-state index contributed by atoms with van der Waals surface area (Å²) in [6.45, 7) is 0.451. The number of carbonyl (C=O) groups is 1. The lowest BCUT2D eigenvalue weighted by Gasteiger charge is -2.28. The van der Waals surface area contributed by atoms with Gasteiger partial charge in [-0.1, -0.05) is 30.3 Å². The minimum absolute atomic E-state index is 0.0337. The first-order valence-corrected chi connectivity index (χ1v) is 8.96. The molecule has 0 N–H and O–H groups in total. The number of benzene rings is 2. The molecule has 0 spiro atoms. The van der Waals surface area contributed by atoms with E-state index in [4.69, 9.17) is 4.74 Å². The topological polar surface area (TPSA) is 29.5 Å². The highest BCUT2D eigenvalue weighted by atomic mass is 19.4. The molecular weight excluding hydrogens is 355 g/mol. The van der Waals surface area contributed by atoms with Gasteiger partial charge in [-0.3, -0.25) is 4.79 Å². The number of fused-ring (bicyclic) bond motifs is 1. The van der Waals surface area contributed by atoms with E-state index in [0.29, 0.717) is 18.5 Å². The maximum Gasteiger partial charge on any atom is 0.416 e. The zero-order valence-electron chi connectivity index (χ0n) is 14.9. The van der Waals surface area contributed by atoms with Crippen LogP contribution in [-0.4, -0.2) is 24.0 Å². The minimum atomic E-state index is -4.36. The van der Waals surface area contributed by atoms with Gasteiger partial charge in [-0.15, -0.1) is 0 Å². The van der Waals surface area contributed by atoms with Crippen molar-refractivity contribution in [2.45, 2.75) is 31.6 Å². The monoisotopic (exact) mass is 375 g/mol. The third-order valence-electron chi connectivity index (χ3n) is 5.52. The standard InChI is InChI=1S/C21H20F3NO2/c1-27-16-7-3-5-14(9-16)12-25-19(17-11-18(17)20(25)26)10-13-4-2-6-15(8-13)21(22,23)24/h2-9,17-19H,10-12H2,1H3/t17-,18+,19-/m0/s1. The van der Waals surface area contributed by atoms with Gasteiger partial charge in [-0.05, 0) is 48.1 Å². The SMILES string of the molecule is COc1cccc(CN2C(=O)[C@@H]3C[C@@H]3[C@@H]2Cc2cccc(C(F)(F)F)c2)c1. The molecular formula is C21H20F3NO2. The maximum atomic E-state index is 13.0. The van der Waals surface area contributed by atoms with E-state index in [9.17, 15) is 18.0 Å². The highest BCUT2D eigenvalue weighted by Gasteiger charge is 2.58. The Kier molecular flexibility index (Phi) is 4.36. The number of nitrogens with zero attached hydrogens (tertiary/aromatic N) is 1. The van der Waals surface area contributed by atoms with Gasteiger partial charge in [0.05, 0.1) is 12.7 Å². The van der Waals surface area contributed by atoms with E-state index in [-0.39, 0.29) is 23.8 Å². The fraction of sp³-hybridized carbons (Fsp3) is 0.381. The van der Waals surface area contributed by atoms with Crippen LogP contribution in [0.2, 0.25) is 0 Å². The Labute approximate surface area is 155 Å². The second-order valence-corrected chi connectivity index (χ2v) is 7.29. The van der Waals surface area contributed by atoms with Crippen LogP contribution in [0.25, 0.3) is 0 Å². The molecule has 0 aromatic heterocycles. The molecule has 1 aliphatic carbocycles. The lowest BCUT2D eigenvalue weighted by atomic mass is 9.99. The van der Waals surface area contributed by atoms with Crippen LogP contribution < -0.4 is 4.74 Å². The predicted molar refractivity (Wildman–Crippen MR) is 94.1 cm³/mol. The first kappa shape index (κ1) is 17.9. The van der Waals surface area contributed by atoms with Crippen LogP contribution in [0.15, 0.2) is 48.5 Å². The molecule has 4 rings (SSSR count). The van der Waals surface area contributed by atoms with E-state index in [0.717, 1.165) is 23.8 Å². The molecule has 6 heteroatoms. The van der Waals surface area contributed by atoms with Crippen LogP contribution in [-0.2, 0) is 23.9 Å². The molecule has 1 saturated carbocycles. The molecule has 3 nitrogen and oxygen atoms in total. The minimum Gasteiger partial charge on any atom is -0.497 e. The molecule has 3 atom stereocenters. The van der Waals surface area contributed by atoms with Gasteiger partial charge in [-0.2, -0.15) is 13.2 Å². The summed E-state index contributed by atoms with van der Waals surface area (Å²) in [4.78, 5) is 14.5. The number of rotatable bonds is 5. The van der Waals surface area contributed by atoms with Gasteiger partial charge in [0.15, 0.2) is 0 Å². The molecule has 1 heterocycles. The summed E-state index contributed by atoms with van der Waals surface area (Å²) in [6.07, 6.45) is -3.07. The normalized spacial score (nSPS) is 24.1. The lowest BCUT2D eigenvalue weighted by Crippen LogP contribution is -2.37. The zero-order valence-corrected chi connectivity index (χ0v) is 14.9. The first-order chi connectivity index (χ1) is 12.9. The average Bonchev–Trinajstić information content (AvgIpc) is 3.40. The summed E-state index contributed by atoms with van der Waals surface area (Å²) >= 11 is 0. The van der Waals surface area contributed by atoms with Gasteiger partial charge in [0.25, 0.3) is 0 Å². The van der Waals surface area contributed by atoms with Crippen molar-refractivity contribution in [1.29, 1.82) is 0 Å². The van der Waals surface area contributed by atoms with Crippen LogP contribution in [0.3, 0.4) is 0 Å². The van der Waals surface area contributed by atoms with Crippen LogP contribution in [0.1, 0.15) is 23.1 Å². The van der Waals surface area contributed by atoms with Gasteiger partial charge < -0.3 is 9.64 Å². The lowest BCUT2D eigenvalue weighted by molar-refractivity contribution is -0.137. The van der Waals surface area contributed by atoms with Gasteiger partial charge in [0.2, 0.25) is 5.91 Å². The highest BCUT2D eigenvalue weighted by molar-refractivity contribution is 5.85. The zero-order chi connectivity index (χ0) is 19.2. The average molecular weight is 375 g/mol. The molecule has 0 radical (unpaired) electrons. The number of alkyl halides is 3. The van der Waals surface area contributed by atoms with Crippen molar-refractivity contribution in [3.63, 3.8) is 0 Å². The molecule has 0 bridgehead atoms. The molecule has 0 unspecified atom stereocenters. The van der Waals surface area contributed by atoms with E-state index in [1.807, 2.05) is 29.2 Å². The summed E-state index contributed by atoms with van der Waals surface area (Å²) in [5.74, 6) is 1.11. The first-order valence-electron chi connectivity index (χ1n) is 8.96. The highest BCUT2D eigenvalue weighted by Crippen LogP contribution is 2.51. The van der Waals surface area contributed by atoms with Crippen molar-refractivity contribution in [2.75, 3.05) is 7.11 Å². The number of hydrogen-bond donors (Lipinski definition) is 0. The van der Waals surface area contributed by atoms with E-state index in [2.05, 4.69) is 0 Å². The number of likely N-dealkylation sites (tertiary alicyclic amines) is 1. The van der Waals surface area contributed by atoms with E-state index >= 15 is 0 Å². The number of amides is 1. The van der Waals surface area contributed by atoms with Gasteiger partial charge in [0, 0.05) is 18.5 Å². The third-order valence-corrected chi connectivity index (χ3v) is 5.52. The Bertz CT molecular complexity index is 865. The number of carbonyl (C=O) groups excluding carboxylic acids is 1. The number of ether oxygens (including phenoxy) is 1. The van der Waals surface area contributed by atoms with Crippen LogP contribution in [0, 0.1) is 11.8 Å². The van der Waals surface area contributed by atoms with Crippen molar-refractivity contribution >= 4 is 5.91 Å². The Balaban J connectivity index is 1.55. The smallest absolute Gasteiger partial charge is 0.416 e. The summed E-state index contributed by atoms with van der Waals surface area (Å²) in [5, 5.41) is 0. The maximum absolute atomic E-state index is 13.0. The molecule has 1 amide bonds. The van der Waals surface area contributed by atoms with Gasteiger partial charge >= 0.3 is 6.18 Å². The number of hydrogen-bond acceptors (Lipinski definition) is 2. The summed E-state index contributed by atoms with van der Waals surface area (Å²) in [5.41, 5.74) is 0.930. The van der Waals surface area contributed by atoms with E-state index < -0.39 is 11.7 Å². The Morgan fingerprint density at radius 3 is 2.59 bits per heavy atom. The fourth-order valence-corrected chi connectivity index (χ4v) is 4.07.